The Kier molecular flexibility index (Phi) is 39.0. The van der Waals surface area contributed by atoms with Crippen molar-refractivity contribution in [1.82, 2.24) is 0 Å². The van der Waals surface area contributed by atoms with Crippen LogP contribution >= 0.6 is 7.82 Å². The monoisotopic (exact) mass is 839 g/mol. The molecule has 0 bridgehead atoms. The van der Waals surface area contributed by atoms with E-state index in [2.05, 4.69) is 62.5 Å². The van der Waals surface area contributed by atoms with Crippen molar-refractivity contribution < 1.29 is 42.1 Å². The number of phosphoric ester groups is 1. The maximum absolute atomic E-state index is 12.7. The number of hydrogen-bond donors (Lipinski definition) is 1. The Morgan fingerprint density at radius 1 is 0.534 bits per heavy atom. The number of carbonyl (C=O) groups excluding carboxylic acids is 2. The smallest absolute Gasteiger partial charge is 0.462 e. The highest BCUT2D eigenvalue weighted by Gasteiger charge is 2.27. The molecule has 0 aromatic heterocycles. The van der Waals surface area contributed by atoms with Gasteiger partial charge >= 0.3 is 19.8 Å². The summed E-state index contributed by atoms with van der Waals surface area (Å²) in [7, 11) is 1.46. The van der Waals surface area contributed by atoms with Gasteiger partial charge in [0.05, 0.1) is 27.7 Å². The van der Waals surface area contributed by atoms with Crippen LogP contribution in [0, 0.1) is 0 Å². The SMILES string of the molecule is CCCCC/C=C/C/C=C/C/C=C/CCCCCCC(=O)O[C@H](COC(=O)CCCCCCCCCCC/C=C/CCCCCC)COP(=O)(O)OCC[N+](C)(C)C. The van der Waals surface area contributed by atoms with Gasteiger partial charge in [-0.1, -0.05) is 152 Å². The largest absolute Gasteiger partial charge is 0.472 e. The van der Waals surface area contributed by atoms with Crippen molar-refractivity contribution in [2.75, 3.05) is 47.5 Å². The lowest BCUT2D eigenvalue weighted by atomic mass is 10.1. The molecule has 0 aliphatic rings. The van der Waals surface area contributed by atoms with Crippen LogP contribution in [-0.2, 0) is 32.7 Å². The average Bonchev–Trinajstić information content (AvgIpc) is 3.17. The molecule has 0 aromatic rings. The molecule has 338 valence electrons. The van der Waals surface area contributed by atoms with Crippen LogP contribution in [0.3, 0.4) is 0 Å². The van der Waals surface area contributed by atoms with E-state index < -0.39 is 26.5 Å². The minimum absolute atomic E-state index is 0.0256. The quantitative estimate of drug-likeness (QED) is 0.0213. The van der Waals surface area contributed by atoms with Gasteiger partial charge in [0, 0.05) is 12.8 Å². The molecule has 58 heavy (non-hydrogen) atoms. The van der Waals surface area contributed by atoms with Crippen molar-refractivity contribution in [3.63, 3.8) is 0 Å². The fourth-order valence-corrected chi connectivity index (χ4v) is 6.87. The molecule has 0 saturated carbocycles. The fourth-order valence-electron chi connectivity index (χ4n) is 6.13. The number of esters is 2. The van der Waals surface area contributed by atoms with E-state index in [0.717, 1.165) is 57.8 Å². The highest BCUT2D eigenvalue weighted by Crippen LogP contribution is 2.43. The number of hydrogen-bond acceptors (Lipinski definition) is 7. The summed E-state index contributed by atoms with van der Waals surface area (Å²) in [5, 5.41) is 0. The number of ether oxygens (including phenoxy) is 2. The summed E-state index contributed by atoms with van der Waals surface area (Å²) in [5.41, 5.74) is 0. The van der Waals surface area contributed by atoms with E-state index >= 15 is 0 Å². The highest BCUT2D eigenvalue weighted by molar-refractivity contribution is 7.47. The predicted octanol–water partition coefficient (Wildman–Crippen LogP) is 13.5. The second-order valence-corrected chi connectivity index (χ2v) is 18.2. The van der Waals surface area contributed by atoms with Gasteiger partial charge in [0.15, 0.2) is 6.10 Å². The van der Waals surface area contributed by atoms with E-state index in [1.165, 1.54) is 103 Å². The first-order valence-electron chi connectivity index (χ1n) is 23.4. The number of carbonyl (C=O) groups is 2. The molecule has 0 fully saturated rings. The molecule has 10 heteroatoms. The number of unbranched alkanes of at least 4 members (excludes halogenated alkanes) is 20. The number of rotatable bonds is 42. The predicted molar refractivity (Wildman–Crippen MR) is 243 cm³/mol. The van der Waals surface area contributed by atoms with Gasteiger partial charge in [-0.25, -0.2) is 4.57 Å². The maximum Gasteiger partial charge on any atom is 0.472 e. The van der Waals surface area contributed by atoms with Crippen LogP contribution in [0.25, 0.3) is 0 Å². The van der Waals surface area contributed by atoms with Gasteiger partial charge in [0.2, 0.25) is 0 Å². The van der Waals surface area contributed by atoms with E-state index in [9.17, 15) is 19.0 Å². The van der Waals surface area contributed by atoms with Crippen LogP contribution in [0.2, 0.25) is 0 Å². The Labute approximate surface area is 356 Å². The number of quaternary nitrogens is 1. The van der Waals surface area contributed by atoms with Gasteiger partial charge in [0.25, 0.3) is 0 Å². The molecule has 0 aromatic carbocycles. The molecular formula is C48H89NO8P+. The minimum Gasteiger partial charge on any atom is -0.462 e. The summed E-state index contributed by atoms with van der Waals surface area (Å²) in [4.78, 5) is 35.4. The lowest BCUT2D eigenvalue weighted by molar-refractivity contribution is -0.870. The van der Waals surface area contributed by atoms with Crippen molar-refractivity contribution in [2.24, 2.45) is 0 Å². The Balaban J connectivity index is 4.37. The number of likely N-dealkylation sites (N-methyl/N-ethyl adjacent to an activating group) is 1. The molecule has 0 saturated heterocycles. The zero-order chi connectivity index (χ0) is 42.8. The first kappa shape index (κ1) is 56.0. The van der Waals surface area contributed by atoms with E-state index in [0.29, 0.717) is 17.4 Å². The molecule has 9 nitrogen and oxygen atoms in total. The van der Waals surface area contributed by atoms with Crippen molar-refractivity contribution in [3.05, 3.63) is 48.6 Å². The lowest BCUT2D eigenvalue weighted by Gasteiger charge is -2.24. The molecule has 0 aliphatic heterocycles. The van der Waals surface area contributed by atoms with Gasteiger partial charge in [-0.2, -0.15) is 0 Å². The van der Waals surface area contributed by atoms with Gasteiger partial charge in [-0.15, -0.1) is 0 Å². The Morgan fingerprint density at radius 2 is 0.931 bits per heavy atom. The Morgan fingerprint density at radius 3 is 1.43 bits per heavy atom. The highest BCUT2D eigenvalue weighted by atomic mass is 31.2. The Bertz CT molecular complexity index is 1130. The summed E-state index contributed by atoms with van der Waals surface area (Å²) < 4.78 is 34.3. The number of allylic oxidation sites excluding steroid dienone is 8. The minimum atomic E-state index is -4.38. The van der Waals surface area contributed by atoms with E-state index in [4.69, 9.17) is 18.5 Å². The normalized spacial score (nSPS) is 14.0. The first-order chi connectivity index (χ1) is 28.0. The number of phosphoric acid groups is 1. The van der Waals surface area contributed by atoms with Crippen LogP contribution in [0.1, 0.15) is 194 Å². The lowest BCUT2D eigenvalue weighted by Crippen LogP contribution is -2.37. The van der Waals surface area contributed by atoms with Gasteiger partial charge in [-0.3, -0.25) is 18.6 Å². The molecule has 2 atom stereocenters. The zero-order valence-corrected chi connectivity index (χ0v) is 38.9. The summed E-state index contributed by atoms with van der Waals surface area (Å²) in [5.74, 6) is -0.825. The van der Waals surface area contributed by atoms with Crippen LogP contribution in [-0.4, -0.2) is 74.9 Å². The van der Waals surface area contributed by atoms with Crippen LogP contribution in [0.4, 0.5) is 0 Å². The van der Waals surface area contributed by atoms with E-state index in [1.807, 2.05) is 21.1 Å². The zero-order valence-electron chi connectivity index (χ0n) is 38.0. The molecule has 1 N–H and O–H groups in total. The average molecular weight is 839 g/mol. The van der Waals surface area contributed by atoms with Crippen LogP contribution in [0.5, 0.6) is 0 Å². The van der Waals surface area contributed by atoms with Gasteiger partial charge in [0.1, 0.15) is 19.8 Å². The fraction of sp³-hybridized carbons (Fsp3) is 0.792. The van der Waals surface area contributed by atoms with E-state index in [1.54, 1.807) is 0 Å². The van der Waals surface area contributed by atoms with Crippen LogP contribution < -0.4 is 0 Å². The third-order valence-electron chi connectivity index (χ3n) is 9.83. The van der Waals surface area contributed by atoms with Crippen molar-refractivity contribution in [2.45, 2.75) is 200 Å². The van der Waals surface area contributed by atoms with Crippen molar-refractivity contribution >= 4 is 19.8 Å². The standard InChI is InChI=1S/C48H88NO8P/c1-6-8-10-12-14-16-18-20-22-24-26-28-30-32-34-36-38-40-47(50)54-44-46(45-56-58(52,53)55-43-42-49(3,4)5)57-48(51)41-39-37-35-33-31-29-27-25-23-21-19-17-15-13-11-9-7-2/h15-18,21,23,27,29,46H,6-14,19-20,22,24-26,28,30-45H2,1-5H3/p+1/b17-15+,18-16+,23-21+,29-27+/t46-/m1/s1. The molecule has 0 rings (SSSR count). The summed E-state index contributed by atoms with van der Waals surface area (Å²) >= 11 is 0. The summed E-state index contributed by atoms with van der Waals surface area (Å²) in [6.07, 6.45) is 47.2. The molecule has 0 spiro atoms. The molecular weight excluding hydrogens is 750 g/mol. The third-order valence-corrected chi connectivity index (χ3v) is 10.8. The van der Waals surface area contributed by atoms with Gasteiger partial charge in [-0.05, 0) is 77.0 Å². The molecule has 0 radical (unpaired) electrons. The Hall–Kier alpha value is -2.03. The molecule has 0 aliphatic carbocycles. The summed E-state index contributed by atoms with van der Waals surface area (Å²) in [6.45, 7) is 4.36. The van der Waals surface area contributed by atoms with E-state index in [-0.39, 0.29) is 32.0 Å². The second kappa shape index (κ2) is 40.4. The number of nitrogens with zero attached hydrogens (tertiary/aromatic N) is 1. The first-order valence-corrected chi connectivity index (χ1v) is 24.9. The third kappa shape index (κ3) is 43.5. The second-order valence-electron chi connectivity index (χ2n) is 16.8. The molecule has 0 amide bonds. The molecule has 0 heterocycles. The van der Waals surface area contributed by atoms with Gasteiger partial charge < -0.3 is 18.9 Å². The topological polar surface area (TPSA) is 108 Å². The summed E-state index contributed by atoms with van der Waals surface area (Å²) in [6, 6.07) is 0. The maximum atomic E-state index is 12.7. The van der Waals surface area contributed by atoms with Crippen molar-refractivity contribution in [1.29, 1.82) is 0 Å². The van der Waals surface area contributed by atoms with Crippen molar-refractivity contribution in [3.8, 4) is 0 Å². The van der Waals surface area contributed by atoms with Crippen LogP contribution in [0.15, 0.2) is 48.6 Å². The molecule has 1 unspecified atom stereocenters.